The molecule has 2 amide bonds. The zero-order valence-electron chi connectivity index (χ0n) is 21.4. The number of hydrogen-bond acceptors (Lipinski definition) is 7. The van der Waals surface area contributed by atoms with E-state index in [2.05, 4.69) is 20.6 Å². The number of aromatic nitrogens is 2. The lowest BCUT2D eigenvalue weighted by molar-refractivity contribution is -0.142. The Morgan fingerprint density at radius 3 is 2.54 bits per heavy atom. The fourth-order valence-corrected chi connectivity index (χ4v) is 5.96. The Morgan fingerprint density at radius 1 is 1.23 bits per heavy atom. The van der Waals surface area contributed by atoms with Gasteiger partial charge in [0, 0.05) is 29.9 Å². The summed E-state index contributed by atoms with van der Waals surface area (Å²) < 4.78 is 68.2. The fraction of sp³-hybridized carbons (Fsp3) is 0.600. The van der Waals surface area contributed by atoms with Crippen LogP contribution in [0.15, 0.2) is 12.3 Å². The smallest absolute Gasteiger partial charge is 0.391 e. The van der Waals surface area contributed by atoms with Gasteiger partial charge in [-0.3, -0.25) is 9.59 Å². The Bertz CT molecular complexity index is 1210. The van der Waals surface area contributed by atoms with Crippen LogP contribution in [0.25, 0.3) is 10.4 Å². The summed E-state index contributed by atoms with van der Waals surface area (Å²) in [7, 11) is 0. The maximum absolute atomic E-state index is 14.2. The zero-order valence-corrected chi connectivity index (χ0v) is 22.2. The number of nitrogens with zero attached hydrogens (tertiary/aromatic N) is 3. The Hall–Kier alpha value is -2.87. The molecule has 4 atom stereocenters. The quantitative estimate of drug-likeness (QED) is 0.376. The van der Waals surface area contributed by atoms with Crippen LogP contribution in [-0.4, -0.2) is 68.7 Å². The first-order valence-corrected chi connectivity index (χ1v) is 13.6. The number of halogens is 5. The number of nitrogens with one attached hydrogen (secondary N) is 2. The van der Waals surface area contributed by atoms with Gasteiger partial charge < -0.3 is 20.6 Å². The van der Waals surface area contributed by atoms with E-state index in [0.29, 0.717) is 19.4 Å². The molecule has 0 aromatic carbocycles. The highest BCUT2D eigenvalue weighted by atomic mass is 32.1. The van der Waals surface area contributed by atoms with Crippen molar-refractivity contribution in [1.82, 2.24) is 20.2 Å². The molecule has 2 aliphatic rings. The molecule has 0 radical (unpaired) electrons. The van der Waals surface area contributed by atoms with Crippen LogP contribution in [-0.2, 0) is 0 Å². The van der Waals surface area contributed by atoms with E-state index in [1.165, 1.54) is 6.92 Å². The molecule has 2 fully saturated rings. The summed E-state index contributed by atoms with van der Waals surface area (Å²) >= 11 is 0.728. The van der Waals surface area contributed by atoms with Gasteiger partial charge in [-0.15, -0.1) is 11.3 Å². The number of alkyl halides is 5. The molecule has 3 heterocycles. The largest absolute Gasteiger partial charge is 0.408 e. The molecule has 214 valence electrons. The van der Waals surface area contributed by atoms with Gasteiger partial charge in [-0.05, 0) is 51.5 Å². The summed E-state index contributed by atoms with van der Waals surface area (Å²) in [4.78, 5) is 36.2. The normalized spacial score (nSPS) is 22.4. The van der Waals surface area contributed by atoms with Crippen molar-refractivity contribution in [3.63, 3.8) is 0 Å². The second-order valence-electron chi connectivity index (χ2n) is 9.87. The van der Waals surface area contributed by atoms with E-state index in [-0.39, 0.29) is 33.6 Å². The molecular weight excluding hydrogens is 545 g/mol. The third kappa shape index (κ3) is 6.32. The lowest BCUT2D eigenvalue weighted by atomic mass is 10.1. The maximum Gasteiger partial charge on any atom is 0.408 e. The number of aliphatic hydroxyl groups is 1. The van der Waals surface area contributed by atoms with Crippen LogP contribution >= 0.6 is 11.3 Å². The minimum absolute atomic E-state index is 0.0200. The molecule has 1 aliphatic heterocycles. The van der Waals surface area contributed by atoms with Crippen molar-refractivity contribution < 1.29 is 36.6 Å². The maximum atomic E-state index is 14.2. The summed E-state index contributed by atoms with van der Waals surface area (Å²) in [6.45, 7) is 3.59. The highest BCUT2D eigenvalue weighted by Crippen LogP contribution is 2.39. The summed E-state index contributed by atoms with van der Waals surface area (Å²) in [5, 5.41) is 14.8. The van der Waals surface area contributed by atoms with Crippen LogP contribution in [0.2, 0.25) is 0 Å². The predicted octanol–water partition coefficient (Wildman–Crippen LogP) is 5.16. The minimum Gasteiger partial charge on any atom is -0.391 e. The summed E-state index contributed by atoms with van der Waals surface area (Å²) in [5.74, 6) is -1.57. The van der Waals surface area contributed by atoms with Crippen LogP contribution in [0.3, 0.4) is 0 Å². The average Bonchev–Trinajstić information content (AvgIpc) is 3.61. The van der Waals surface area contributed by atoms with Crippen molar-refractivity contribution >= 4 is 29.0 Å². The number of likely N-dealkylation sites (tertiary alicyclic amines) is 1. The molecule has 2 aromatic heterocycles. The molecule has 4 rings (SSSR count). The van der Waals surface area contributed by atoms with E-state index in [1.807, 2.05) is 6.92 Å². The van der Waals surface area contributed by atoms with Gasteiger partial charge in [0.05, 0.1) is 17.0 Å². The summed E-state index contributed by atoms with van der Waals surface area (Å²) in [5.41, 5.74) is -1.03. The third-order valence-corrected chi connectivity index (χ3v) is 8.26. The summed E-state index contributed by atoms with van der Waals surface area (Å²) in [6, 6.07) is -1.77. The number of amides is 2. The second-order valence-corrected chi connectivity index (χ2v) is 10.9. The zero-order chi connectivity index (χ0) is 28.5. The first-order valence-electron chi connectivity index (χ1n) is 12.8. The van der Waals surface area contributed by atoms with Gasteiger partial charge in [-0.2, -0.15) is 13.2 Å². The van der Waals surface area contributed by atoms with Gasteiger partial charge in [-0.25, -0.2) is 18.7 Å². The van der Waals surface area contributed by atoms with Gasteiger partial charge in [0.1, 0.15) is 17.6 Å². The Balaban J connectivity index is 1.74. The van der Waals surface area contributed by atoms with Crippen LogP contribution in [0.4, 0.5) is 27.8 Å². The first kappa shape index (κ1) is 29.1. The van der Waals surface area contributed by atoms with Crippen molar-refractivity contribution in [3.05, 3.63) is 28.5 Å². The molecule has 0 spiro atoms. The van der Waals surface area contributed by atoms with Crippen molar-refractivity contribution in [2.24, 2.45) is 0 Å². The van der Waals surface area contributed by atoms with Crippen molar-refractivity contribution in [2.45, 2.75) is 89.2 Å². The number of hydrogen-bond donors (Lipinski definition) is 3. The fourth-order valence-electron chi connectivity index (χ4n) is 4.97. The summed E-state index contributed by atoms with van der Waals surface area (Å²) in [6.07, 6.45) is -4.49. The molecule has 1 saturated heterocycles. The number of anilines is 1. The van der Waals surface area contributed by atoms with Gasteiger partial charge >= 0.3 is 6.18 Å². The standard InChI is InChI=1S/C25H30F5N5O3S/c1-3-17(25(28,29)30)33-18-10-13(21(26)27)14(11-31-18)20-19(24(38)35-9-5-6-12(35)2)34-23(39-20)22(37)32-15-7-4-8-16(15)36/h10-12,15-17,21,36H,3-9H2,1-2H3,(H,31,33)(H,32,37)/t12-,15+,16-,17?/m0/s1. The number of carbonyl (C=O) groups excluding carboxylic acids is 2. The van der Waals surface area contributed by atoms with Gasteiger partial charge in [-0.1, -0.05) is 6.92 Å². The van der Waals surface area contributed by atoms with Crippen LogP contribution < -0.4 is 10.6 Å². The topological polar surface area (TPSA) is 107 Å². The van der Waals surface area contributed by atoms with E-state index in [0.717, 1.165) is 42.9 Å². The van der Waals surface area contributed by atoms with E-state index >= 15 is 0 Å². The molecule has 2 aromatic rings. The molecule has 1 saturated carbocycles. The van der Waals surface area contributed by atoms with Gasteiger partial charge in [0.15, 0.2) is 5.01 Å². The number of rotatable bonds is 8. The molecule has 1 aliphatic carbocycles. The lowest BCUT2D eigenvalue weighted by Gasteiger charge is -2.22. The highest BCUT2D eigenvalue weighted by Gasteiger charge is 2.39. The number of carbonyl (C=O) groups is 2. The van der Waals surface area contributed by atoms with Crippen LogP contribution in [0.1, 0.15) is 84.7 Å². The monoisotopic (exact) mass is 575 g/mol. The molecule has 1 unspecified atom stereocenters. The minimum atomic E-state index is -4.61. The number of thiazole rings is 1. The Morgan fingerprint density at radius 2 is 1.97 bits per heavy atom. The van der Waals surface area contributed by atoms with Crippen LogP contribution in [0.5, 0.6) is 0 Å². The van der Waals surface area contributed by atoms with E-state index in [4.69, 9.17) is 0 Å². The Kier molecular flexibility index (Phi) is 8.74. The highest BCUT2D eigenvalue weighted by molar-refractivity contribution is 7.17. The SMILES string of the molecule is CCC(Nc1cc(C(F)F)c(-c2sc(C(=O)N[C@@H]3CCC[C@@H]3O)nc2C(=O)N2CCC[C@@H]2C)cn1)C(F)(F)F. The molecule has 0 bridgehead atoms. The number of pyridine rings is 1. The van der Waals surface area contributed by atoms with Crippen molar-refractivity contribution in [3.8, 4) is 10.4 Å². The predicted molar refractivity (Wildman–Crippen MR) is 135 cm³/mol. The molecule has 3 N–H and O–H groups in total. The average molecular weight is 576 g/mol. The lowest BCUT2D eigenvalue weighted by Crippen LogP contribution is -2.40. The molecule has 39 heavy (non-hydrogen) atoms. The molecular formula is C25H30F5N5O3S. The van der Waals surface area contributed by atoms with Gasteiger partial charge in [0.2, 0.25) is 0 Å². The van der Waals surface area contributed by atoms with Crippen molar-refractivity contribution in [2.75, 3.05) is 11.9 Å². The number of aliphatic hydroxyl groups excluding tert-OH is 1. The van der Waals surface area contributed by atoms with Crippen molar-refractivity contribution in [1.29, 1.82) is 0 Å². The van der Waals surface area contributed by atoms with E-state index in [1.54, 1.807) is 4.90 Å². The first-order chi connectivity index (χ1) is 18.4. The molecule has 8 nitrogen and oxygen atoms in total. The van der Waals surface area contributed by atoms with Gasteiger partial charge in [0.25, 0.3) is 18.2 Å². The Labute approximate surface area is 226 Å². The van der Waals surface area contributed by atoms with E-state index in [9.17, 15) is 36.6 Å². The van der Waals surface area contributed by atoms with Crippen LogP contribution in [0, 0.1) is 0 Å². The van der Waals surface area contributed by atoms with E-state index < -0.39 is 54.0 Å². The molecule has 14 heteroatoms. The second kappa shape index (κ2) is 11.7. The third-order valence-electron chi connectivity index (χ3n) is 7.17.